The highest BCUT2D eigenvalue weighted by Gasteiger charge is 2.52. The topological polar surface area (TPSA) is 20.2 Å². The summed E-state index contributed by atoms with van der Waals surface area (Å²) in [5, 5.41) is 9.93. The first-order valence-corrected chi connectivity index (χ1v) is 4.53. The molecule has 2 atom stereocenters. The van der Waals surface area contributed by atoms with Gasteiger partial charge in [-0.25, -0.2) is 4.39 Å². The lowest BCUT2D eigenvalue weighted by atomic mass is 10.0. The van der Waals surface area contributed by atoms with E-state index in [1.165, 1.54) is 0 Å². The van der Waals surface area contributed by atoms with Gasteiger partial charge in [-0.15, -0.1) is 0 Å². The molecule has 1 N–H and O–H groups in total. The third kappa shape index (κ3) is 1.17. The molecule has 1 aromatic rings. The van der Waals surface area contributed by atoms with E-state index in [1.807, 2.05) is 6.92 Å². The number of hydrogen-bond donors (Lipinski definition) is 1. The summed E-state index contributed by atoms with van der Waals surface area (Å²) in [7, 11) is 0. The van der Waals surface area contributed by atoms with Crippen molar-refractivity contribution in [1.29, 1.82) is 0 Å². The summed E-state index contributed by atoms with van der Waals surface area (Å²) >= 11 is 0. The van der Waals surface area contributed by atoms with Gasteiger partial charge in [0.15, 0.2) is 0 Å². The summed E-state index contributed by atoms with van der Waals surface area (Å²) in [5.74, 6) is -0.0712. The summed E-state index contributed by atoms with van der Waals surface area (Å²) in [5.41, 5.74) is 0.167. The van der Waals surface area contributed by atoms with Crippen molar-refractivity contribution in [2.24, 2.45) is 5.92 Å². The fourth-order valence-corrected chi connectivity index (χ4v) is 1.77. The van der Waals surface area contributed by atoms with Crippen molar-refractivity contribution in [1.82, 2.24) is 0 Å². The average Bonchev–Trinajstić information content (AvgIpc) is 2.67. The molecule has 1 aliphatic rings. The molecular weight excluding hydrogens is 167 g/mol. The number of hydrogen-bond acceptors (Lipinski definition) is 1. The minimum absolute atomic E-state index is 0.184. The van der Waals surface area contributed by atoms with E-state index < -0.39 is 5.60 Å². The van der Waals surface area contributed by atoms with Gasteiger partial charge in [0.05, 0.1) is 5.60 Å². The Labute approximate surface area is 77.2 Å². The van der Waals surface area contributed by atoms with Crippen molar-refractivity contribution < 1.29 is 9.50 Å². The molecule has 1 nitrogen and oxygen atoms in total. The second kappa shape index (κ2) is 2.55. The predicted molar refractivity (Wildman–Crippen MR) is 48.8 cm³/mol. The molecular formula is C11H13FO. The Hall–Kier alpha value is -0.890. The molecule has 2 rings (SSSR count). The summed E-state index contributed by atoms with van der Waals surface area (Å²) in [6.07, 6.45) is 0.674. The normalized spacial score (nSPS) is 31.8. The standard InChI is InChI=1S/C11H13FO/c1-7-4-3-5-9(10(7)12)11(13)6-8(11)2/h3-5,8,13H,6H2,1-2H3. The first-order valence-electron chi connectivity index (χ1n) is 4.53. The molecule has 1 fully saturated rings. The van der Waals surface area contributed by atoms with Crippen LogP contribution >= 0.6 is 0 Å². The number of benzene rings is 1. The van der Waals surface area contributed by atoms with Crippen molar-refractivity contribution in [2.75, 3.05) is 0 Å². The van der Waals surface area contributed by atoms with Gasteiger partial charge in [-0.2, -0.15) is 0 Å². The molecule has 0 spiro atoms. The molecule has 0 aliphatic heterocycles. The Morgan fingerprint density at radius 2 is 2.15 bits per heavy atom. The molecule has 13 heavy (non-hydrogen) atoms. The van der Waals surface area contributed by atoms with Crippen LogP contribution in [-0.2, 0) is 5.60 Å². The number of aliphatic hydroxyl groups is 1. The number of aryl methyl sites for hydroxylation is 1. The quantitative estimate of drug-likeness (QED) is 0.703. The van der Waals surface area contributed by atoms with Gasteiger partial charge in [-0.3, -0.25) is 0 Å². The van der Waals surface area contributed by atoms with Gasteiger partial charge < -0.3 is 5.11 Å². The Bertz CT molecular complexity index is 348. The first kappa shape index (κ1) is 8.70. The summed E-state index contributed by atoms with van der Waals surface area (Å²) in [6.45, 7) is 3.65. The molecule has 1 aliphatic carbocycles. The monoisotopic (exact) mass is 180 g/mol. The van der Waals surface area contributed by atoms with Crippen LogP contribution in [-0.4, -0.2) is 5.11 Å². The maximum atomic E-state index is 13.6. The number of rotatable bonds is 1. The lowest BCUT2D eigenvalue weighted by Crippen LogP contribution is -2.10. The highest BCUT2D eigenvalue weighted by atomic mass is 19.1. The summed E-state index contributed by atoms with van der Waals surface area (Å²) in [4.78, 5) is 0. The Balaban J connectivity index is 2.47. The van der Waals surface area contributed by atoms with Crippen molar-refractivity contribution in [2.45, 2.75) is 25.9 Å². The third-order valence-corrected chi connectivity index (χ3v) is 2.93. The molecule has 0 radical (unpaired) electrons. The molecule has 0 saturated heterocycles. The van der Waals surface area contributed by atoms with Gasteiger partial charge in [0, 0.05) is 5.56 Å². The zero-order valence-corrected chi connectivity index (χ0v) is 7.84. The van der Waals surface area contributed by atoms with Crippen LogP contribution in [0.25, 0.3) is 0 Å². The van der Waals surface area contributed by atoms with Gasteiger partial charge in [-0.05, 0) is 24.8 Å². The maximum absolute atomic E-state index is 13.6. The van der Waals surface area contributed by atoms with Crippen LogP contribution in [0.15, 0.2) is 18.2 Å². The summed E-state index contributed by atoms with van der Waals surface area (Å²) in [6, 6.07) is 5.18. The van der Waals surface area contributed by atoms with E-state index in [-0.39, 0.29) is 11.7 Å². The van der Waals surface area contributed by atoms with Crippen molar-refractivity contribution in [3.63, 3.8) is 0 Å². The van der Waals surface area contributed by atoms with E-state index in [1.54, 1.807) is 25.1 Å². The van der Waals surface area contributed by atoms with Gasteiger partial charge in [0.1, 0.15) is 5.82 Å². The van der Waals surface area contributed by atoms with Crippen LogP contribution in [0.4, 0.5) is 4.39 Å². The second-order valence-electron chi connectivity index (χ2n) is 3.97. The Kier molecular flexibility index (Phi) is 1.70. The van der Waals surface area contributed by atoms with Gasteiger partial charge in [0.2, 0.25) is 0 Å². The van der Waals surface area contributed by atoms with E-state index >= 15 is 0 Å². The molecule has 2 unspecified atom stereocenters. The van der Waals surface area contributed by atoms with Gasteiger partial charge in [0.25, 0.3) is 0 Å². The fraction of sp³-hybridized carbons (Fsp3) is 0.455. The predicted octanol–water partition coefficient (Wildman–Crippen LogP) is 2.36. The minimum atomic E-state index is -0.893. The Morgan fingerprint density at radius 1 is 1.54 bits per heavy atom. The largest absolute Gasteiger partial charge is 0.385 e. The highest BCUT2D eigenvalue weighted by molar-refractivity contribution is 5.34. The average molecular weight is 180 g/mol. The molecule has 0 bridgehead atoms. The zero-order chi connectivity index (χ0) is 9.64. The van der Waals surface area contributed by atoms with Crippen LogP contribution in [0.3, 0.4) is 0 Å². The van der Waals surface area contributed by atoms with Gasteiger partial charge >= 0.3 is 0 Å². The molecule has 0 aromatic heterocycles. The maximum Gasteiger partial charge on any atom is 0.132 e. The van der Waals surface area contributed by atoms with Crippen LogP contribution < -0.4 is 0 Å². The SMILES string of the molecule is Cc1cccc(C2(O)CC2C)c1F. The molecule has 0 heterocycles. The molecule has 1 aromatic carbocycles. The van der Waals surface area contributed by atoms with E-state index in [9.17, 15) is 9.50 Å². The number of halogens is 1. The lowest BCUT2D eigenvalue weighted by molar-refractivity contribution is 0.130. The molecule has 1 saturated carbocycles. The van der Waals surface area contributed by atoms with E-state index in [4.69, 9.17) is 0 Å². The van der Waals surface area contributed by atoms with E-state index in [0.717, 1.165) is 0 Å². The highest BCUT2D eigenvalue weighted by Crippen LogP contribution is 2.52. The molecule has 70 valence electrons. The van der Waals surface area contributed by atoms with Crippen molar-refractivity contribution >= 4 is 0 Å². The lowest BCUT2D eigenvalue weighted by Gasteiger charge is -2.11. The van der Waals surface area contributed by atoms with Crippen LogP contribution in [0.2, 0.25) is 0 Å². The van der Waals surface area contributed by atoms with E-state index in [0.29, 0.717) is 17.5 Å². The molecule has 0 amide bonds. The van der Waals surface area contributed by atoms with Gasteiger partial charge in [-0.1, -0.05) is 25.1 Å². The Morgan fingerprint density at radius 3 is 2.69 bits per heavy atom. The first-order chi connectivity index (χ1) is 6.05. The van der Waals surface area contributed by atoms with Crippen LogP contribution in [0.5, 0.6) is 0 Å². The summed E-state index contributed by atoms with van der Waals surface area (Å²) < 4.78 is 13.6. The van der Waals surface area contributed by atoms with Crippen LogP contribution in [0.1, 0.15) is 24.5 Å². The second-order valence-corrected chi connectivity index (χ2v) is 3.97. The molecule has 2 heteroatoms. The smallest absolute Gasteiger partial charge is 0.132 e. The minimum Gasteiger partial charge on any atom is -0.385 e. The van der Waals surface area contributed by atoms with Crippen molar-refractivity contribution in [3.05, 3.63) is 35.1 Å². The van der Waals surface area contributed by atoms with Crippen LogP contribution in [0, 0.1) is 18.7 Å². The fourth-order valence-electron chi connectivity index (χ4n) is 1.77. The van der Waals surface area contributed by atoms with E-state index in [2.05, 4.69) is 0 Å². The van der Waals surface area contributed by atoms with Crippen molar-refractivity contribution in [3.8, 4) is 0 Å². The third-order valence-electron chi connectivity index (χ3n) is 2.93. The zero-order valence-electron chi connectivity index (χ0n) is 7.84.